The SMILES string of the molecule is CC(NCC1CCCS1)C(=O)N1CCCCC1. The smallest absolute Gasteiger partial charge is 0.239 e. The highest BCUT2D eigenvalue weighted by Crippen LogP contribution is 2.25. The maximum Gasteiger partial charge on any atom is 0.239 e. The minimum absolute atomic E-state index is 0.00528. The molecule has 2 aliphatic rings. The van der Waals surface area contributed by atoms with Crippen molar-refractivity contribution in [3.05, 3.63) is 0 Å². The van der Waals surface area contributed by atoms with Gasteiger partial charge in [-0.05, 0) is 44.8 Å². The number of nitrogens with zero attached hydrogens (tertiary/aromatic N) is 1. The fraction of sp³-hybridized carbons (Fsp3) is 0.923. The Morgan fingerprint density at radius 1 is 1.35 bits per heavy atom. The van der Waals surface area contributed by atoms with Gasteiger partial charge >= 0.3 is 0 Å². The van der Waals surface area contributed by atoms with E-state index in [1.807, 2.05) is 23.6 Å². The van der Waals surface area contributed by atoms with Gasteiger partial charge in [-0.3, -0.25) is 4.79 Å². The van der Waals surface area contributed by atoms with Crippen LogP contribution in [0.4, 0.5) is 0 Å². The molecule has 4 heteroatoms. The molecular weight excluding hydrogens is 232 g/mol. The lowest BCUT2D eigenvalue weighted by atomic mass is 10.1. The fourth-order valence-electron chi connectivity index (χ4n) is 2.59. The summed E-state index contributed by atoms with van der Waals surface area (Å²) in [6, 6.07) is -0.00528. The largest absolute Gasteiger partial charge is 0.341 e. The Kier molecular flexibility index (Phi) is 5.16. The van der Waals surface area contributed by atoms with Gasteiger partial charge in [0.15, 0.2) is 0 Å². The van der Waals surface area contributed by atoms with Crippen LogP contribution in [0.3, 0.4) is 0 Å². The van der Waals surface area contributed by atoms with E-state index in [0.29, 0.717) is 5.91 Å². The van der Waals surface area contributed by atoms with Crippen LogP contribution in [0.25, 0.3) is 0 Å². The zero-order valence-electron chi connectivity index (χ0n) is 10.8. The lowest BCUT2D eigenvalue weighted by Crippen LogP contribution is -2.47. The number of carbonyl (C=O) groups excluding carboxylic acids is 1. The molecule has 0 bridgehead atoms. The van der Waals surface area contributed by atoms with E-state index < -0.39 is 0 Å². The first-order chi connectivity index (χ1) is 8.27. The predicted octanol–water partition coefficient (Wildman–Crippen LogP) is 1.87. The van der Waals surface area contributed by atoms with Gasteiger partial charge in [0.25, 0.3) is 0 Å². The molecule has 3 nitrogen and oxygen atoms in total. The molecule has 0 saturated carbocycles. The van der Waals surface area contributed by atoms with Gasteiger partial charge in [-0.15, -0.1) is 0 Å². The maximum absolute atomic E-state index is 12.2. The van der Waals surface area contributed by atoms with Crippen LogP contribution in [0.15, 0.2) is 0 Å². The van der Waals surface area contributed by atoms with E-state index in [9.17, 15) is 4.79 Å². The normalized spacial score (nSPS) is 27.1. The van der Waals surface area contributed by atoms with E-state index in [1.54, 1.807) is 0 Å². The molecule has 0 aromatic carbocycles. The molecular formula is C13H24N2OS. The van der Waals surface area contributed by atoms with Gasteiger partial charge in [0.1, 0.15) is 0 Å². The fourth-order valence-corrected chi connectivity index (χ4v) is 3.80. The van der Waals surface area contributed by atoms with Crippen molar-refractivity contribution >= 4 is 17.7 Å². The third kappa shape index (κ3) is 3.88. The highest BCUT2D eigenvalue weighted by Gasteiger charge is 2.23. The Hall–Kier alpha value is -0.220. The standard InChI is InChI=1S/C13H24N2OS/c1-11(14-10-12-6-5-9-17-12)13(16)15-7-3-2-4-8-15/h11-12,14H,2-10H2,1H3. The van der Waals surface area contributed by atoms with Crippen LogP contribution >= 0.6 is 11.8 Å². The van der Waals surface area contributed by atoms with Gasteiger partial charge < -0.3 is 10.2 Å². The predicted molar refractivity (Wildman–Crippen MR) is 73.4 cm³/mol. The van der Waals surface area contributed by atoms with Crippen molar-refractivity contribution in [1.29, 1.82) is 0 Å². The van der Waals surface area contributed by atoms with Crippen molar-refractivity contribution in [2.24, 2.45) is 0 Å². The Balaban J connectivity index is 1.70. The van der Waals surface area contributed by atoms with Crippen LogP contribution in [0.2, 0.25) is 0 Å². The first-order valence-corrected chi connectivity index (χ1v) is 7.96. The number of hydrogen-bond donors (Lipinski definition) is 1. The summed E-state index contributed by atoms with van der Waals surface area (Å²) >= 11 is 2.04. The van der Waals surface area contributed by atoms with E-state index in [0.717, 1.165) is 24.9 Å². The third-order valence-electron chi connectivity index (χ3n) is 3.71. The van der Waals surface area contributed by atoms with Crippen LogP contribution in [0.5, 0.6) is 0 Å². The van der Waals surface area contributed by atoms with Crippen molar-refractivity contribution in [2.75, 3.05) is 25.4 Å². The maximum atomic E-state index is 12.2. The Bertz CT molecular complexity index is 248. The lowest BCUT2D eigenvalue weighted by molar-refractivity contribution is -0.133. The van der Waals surface area contributed by atoms with Gasteiger partial charge in [0, 0.05) is 24.9 Å². The van der Waals surface area contributed by atoms with Crippen molar-refractivity contribution in [1.82, 2.24) is 10.2 Å². The molecule has 0 radical (unpaired) electrons. The monoisotopic (exact) mass is 256 g/mol. The quantitative estimate of drug-likeness (QED) is 0.833. The van der Waals surface area contributed by atoms with Crippen LogP contribution in [0, 0.1) is 0 Å². The molecule has 1 N–H and O–H groups in total. The summed E-state index contributed by atoms with van der Waals surface area (Å²) in [4.78, 5) is 14.2. The number of amides is 1. The van der Waals surface area contributed by atoms with E-state index in [4.69, 9.17) is 0 Å². The van der Waals surface area contributed by atoms with E-state index in [1.165, 1.54) is 37.9 Å². The average molecular weight is 256 g/mol. The molecule has 0 aliphatic carbocycles. The number of likely N-dealkylation sites (tertiary alicyclic amines) is 1. The Morgan fingerprint density at radius 3 is 2.76 bits per heavy atom. The molecule has 2 saturated heterocycles. The van der Waals surface area contributed by atoms with Gasteiger partial charge in [-0.25, -0.2) is 0 Å². The summed E-state index contributed by atoms with van der Waals surface area (Å²) in [5.41, 5.74) is 0. The summed E-state index contributed by atoms with van der Waals surface area (Å²) in [7, 11) is 0. The number of carbonyl (C=O) groups is 1. The molecule has 2 unspecified atom stereocenters. The molecule has 0 aromatic rings. The van der Waals surface area contributed by atoms with Crippen molar-refractivity contribution in [3.63, 3.8) is 0 Å². The third-order valence-corrected chi connectivity index (χ3v) is 5.11. The summed E-state index contributed by atoms with van der Waals surface area (Å²) in [6.45, 7) is 4.92. The molecule has 0 aromatic heterocycles. The van der Waals surface area contributed by atoms with Crippen LogP contribution in [0.1, 0.15) is 39.0 Å². The number of rotatable bonds is 4. The minimum atomic E-state index is -0.00528. The zero-order valence-corrected chi connectivity index (χ0v) is 11.6. The van der Waals surface area contributed by atoms with Crippen molar-refractivity contribution in [3.8, 4) is 0 Å². The number of piperidine rings is 1. The van der Waals surface area contributed by atoms with E-state index in [2.05, 4.69) is 5.32 Å². The second-order valence-corrected chi connectivity index (χ2v) is 6.56. The van der Waals surface area contributed by atoms with Crippen LogP contribution < -0.4 is 5.32 Å². The summed E-state index contributed by atoms with van der Waals surface area (Å²) in [5.74, 6) is 1.59. The summed E-state index contributed by atoms with van der Waals surface area (Å²) < 4.78 is 0. The first-order valence-electron chi connectivity index (χ1n) is 6.91. The lowest BCUT2D eigenvalue weighted by Gasteiger charge is -2.29. The average Bonchev–Trinajstić information content (AvgIpc) is 2.89. The van der Waals surface area contributed by atoms with E-state index in [-0.39, 0.29) is 6.04 Å². The molecule has 98 valence electrons. The number of thioether (sulfide) groups is 1. The highest BCUT2D eigenvalue weighted by molar-refractivity contribution is 8.00. The first kappa shape index (κ1) is 13.2. The second kappa shape index (κ2) is 6.64. The molecule has 17 heavy (non-hydrogen) atoms. The topological polar surface area (TPSA) is 32.3 Å². The van der Waals surface area contributed by atoms with Crippen molar-refractivity contribution < 1.29 is 4.79 Å². The van der Waals surface area contributed by atoms with E-state index >= 15 is 0 Å². The van der Waals surface area contributed by atoms with Crippen LogP contribution in [-0.2, 0) is 4.79 Å². The molecule has 2 atom stereocenters. The van der Waals surface area contributed by atoms with Gasteiger partial charge in [0.2, 0.25) is 5.91 Å². The summed E-state index contributed by atoms with van der Waals surface area (Å²) in [6.07, 6.45) is 6.28. The number of hydrogen-bond acceptors (Lipinski definition) is 3. The molecule has 0 spiro atoms. The molecule has 2 aliphatic heterocycles. The molecule has 2 fully saturated rings. The van der Waals surface area contributed by atoms with Crippen LogP contribution in [-0.4, -0.2) is 47.5 Å². The van der Waals surface area contributed by atoms with Gasteiger partial charge in [-0.1, -0.05) is 0 Å². The summed E-state index contributed by atoms with van der Waals surface area (Å²) in [5, 5.41) is 4.14. The zero-order chi connectivity index (χ0) is 12.1. The highest BCUT2D eigenvalue weighted by atomic mass is 32.2. The minimum Gasteiger partial charge on any atom is -0.341 e. The van der Waals surface area contributed by atoms with Gasteiger partial charge in [-0.2, -0.15) is 11.8 Å². The Labute approximate surface area is 109 Å². The van der Waals surface area contributed by atoms with Crippen molar-refractivity contribution in [2.45, 2.75) is 50.3 Å². The Morgan fingerprint density at radius 2 is 2.12 bits per heavy atom. The molecule has 2 heterocycles. The second-order valence-electron chi connectivity index (χ2n) is 5.15. The molecule has 1 amide bonds. The van der Waals surface area contributed by atoms with Gasteiger partial charge in [0.05, 0.1) is 6.04 Å². The molecule has 2 rings (SSSR count). The number of nitrogens with one attached hydrogen (secondary N) is 1.